The Bertz CT molecular complexity index is 380. The third kappa shape index (κ3) is 2.61. The molecule has 3 nitrogen and oxygen atoms in total. The van der Waals surface area contributed by atoms with Gasteiger partial charge in [0.05, 0.1) is 5.69 Å². The van der Waals surface area contributed by atoms with Crippen molar-refractivity contribution >= 4 is 6.08 Å². The normalized spacial score (nSPS) is 13.5. The molecule has 0 aromatic carbocycles. The molecule has 16 heavy (non-hydrogen) atoms. The van der Waals surface area contributed by atoms with Gasteiger partial charge in [-0.2, -0.15) is 0 Å². The molecule has 1 heterocycles. The van der Waals surface area contributed by atoms with Gasteiger partial charge in [0.1, 0.15) is 17.5 Å². The van der Waals surface area contributed by atoms with E-state index >= 15 is 0 Å². The summed E-state index contributed by atoms with van der Waals surface area (Å²) in [6.45, 7) is 9.80. The van der Waals surface area contributed by atoms with Gasteiger partial charge in [-0.05, 0) is 23.6 Å². The van der Waals surface area contributed by atoms with Gasteiger partial charge < -0.3 is 9.84 Å². The second-order valence-electron chi connectivity index (χ2n) is 4.83. The molecule has 1 rings (SSSR count). The molecule has 1 aromatic heterocycles. The molecule has 3 heteroatoms. The van der Waals surface area contributed by atoms with Gasteiger partial charge in [-0.25, -0.2) is 4.98 Å². The molecular weight excluding hydrogens is 202 g/mol. The minimum Gasteiger partial charge on any atom is -0.506 e. The topological polar surface area (TPSA) is 42.4 Å². The Hall–Kier alpha value is -1.35. The number of rotatable bonds is 3. The SMILES string of the molecule is C=Cc1ccc(O)c(C(OC)C(C)(C)C)n1. The molecule has 1 aromatic rings. The highest BCUT2D eigenvalue weighted by Gasteiger charge is 2.29. The van der Waals surface area contributed by atoms with Gasteiger partial charge in [-0.15, -0.1) is 0 Å². The Kier molecular flexibility index (Phi) is 3.70. The van der Waals surface area contributed by atoms with Gasteiger partial charge >= 0.3 is 0 Å². The van der Waals surface area contributed by atoms with Gasteiger partial charge in [-0.3, -0.25) is 0 Å². The molecule has 1 atom stereocenters. The van der Waals surface area contributed by atoms with Crippen LogP contribution < -0.4 is 0 Å². The van der Waals surface area contributed by atoms with Crippen LogP contribution in [0.2, 0.25) is 0 Å². The third-order valence-electron chi connectivity index (χ3n) is 2.40. The van der Waals surface area contributed by atoms with Gasteiger partial charge in [0.2, 0.25) is 0 Å². The predicted octanol–water partition coefficient (Wildman–Crippen LogP) is 3.16. The molecule has 0 spiro atoms. The van der Waals surface area contributed by atoms with Crippen molar-refractivity contribution in [2.75, 3.05) is 7.11 Å². The summed E-state index contributed by atoms with van der Waals surface area (Å²) in [5.74, 6) is 0.160. The lowest BCUT2D eigenvalue weighted by atomic mass is 9.86. The second-order valence-corrected chi connectivity index (χ2v) is 4.83. The summed E-state index contributed by atoms with van der Waals surface area (Å²) in [6, 6.07) is 3.35. The molecule has 1 N–H and O–H groups in total. The Balaban J connectivity index is 3.23. The van der Waals surface area contributed by atoms with Crippen molar-refractivity contribution in [1.29, 1.82) is 0 Å². The van der Waals surface area contributed by atoms with Crippen molar-refractivity contribution in [1.82, 2.24) is 4.98 Å². The first kappa shape index (κ1) is 12.7. The second kappa shape index (κ2) is 4.66. The molecule has 0 radical (unpaired) electrons. The Labute approximate surface area is 96.8 Å². The molecule has 0 aliphatic rings. The van der Waals surface area contributed by atoms with Crippen LogP contribution in [0, 0.1) is 5.41 Å². The van der Waals surface area contributed by atoms with Crippen molar-refractivity contribution in [3.05, 3.63) is 30.1 Å². The minimum absolute atomic E-state index is 0.126. The number of methoxy groups -OCH3 is 1. The largest absolute Gasteiger partial charge is 0.506 e. The van der Waals surface area contributed by atoms with Crippen LogP contribution in [0.1, 0.15) is 38.3 Å². The molecule has 0 bridgehead atoms. The number of pyridine rings is 1. The number of hydrogen-bond acceptors (Lipinski definition) is 3. The minimum atomic E-state index is -0.243. The van der Waals surface area contributed by atoms with E-state index in [4.69, 9.17) is 4.74 Å². The van der Waals surface area contributed by atoms with Crippen LogP contribution in [-0.4, -0.2) is 17.2 Å². The maximum absolute atomic E-state index is 9.82. The average molecular weight is 221 g/mol. The fraction of sp³-hybridized carbons (Fsp3) is 0.462. The molecule has 0 fully saturated rings. The van der Waals surface area contributed by atoms with Crippen molar-refractivity contribution in [3.8, 4) is 5.75 Å². The van der Waals surface area contributed by atoms with Crippen LogP contribution in [-0.2, 0) is 4.74 Å². The zero-order valence-electron chi connectivity index (χ0n) is 10.3. The summed E-state index contributed by atoms with van der Waals surface area (Å²) in [5, 5.41) is 9.82. The van der Waals surface area contributed by atoms with Crippen LogP contribution in [0.4, 0.5) is 0 Å². The van der Waals surface area contributed by atoms with E-state index in [1.54, 1.807) is 25.3 Å². The highest BCUT2D eigenvalue weighted by atomic mass is 16.5. The Morgan fingerprint density at radius 1 is 1.44 bits per heavy atom. The summed E-state index contributed by atoms with van der Waals surface area (Å²) in [5.41, 5.74) is 1.17. The molecule has 0 aliphatic heterocycles. The molecule has 0 saturated heterocycles. The first-order chi connectivity index (χ1) is 7.40. The van der Waals surface area contributed by atoms with Crippen LogP contribution in [0.3, 0.4) is 0 Å². The lowest BCUT2D eigenvalue weighted by Gasteiger charge is -2.29. The zero-order chi connectivity index (χ0) is 12.3. The van der Waals surface area contributed by atoms with Crippen LogP contribution in [0.15, 0.2) is 18.7 Å². The van der Waals surface area contributed by atoms with Gasteiger partial charge in [0, 0.05) is 7.11 Å². The zero-order valence-corrected chi connectivity index (χ0v) is 10.3. The summed E-state index contributed by atoms with van der Waals surface area (Å²) >= 11 is 0. The average Bonchev–Trinajstić information content (AvgIpc) is 2.20. The summed E-state index contributed by atoms with van der Waals surface area (Å²) < 4.78 is 5.42. The predicted molar refractivity (Wildman–Crippen MR) is 65.2 cm³/mol. The van der Waals surface area contributed by atoms with E-state index < -0.39 is 0 Å². The summed E-state index contributed by atoms with van der Waals surface area (Å²) in [7, 11) is 1.62. The fourth-order valence-electron chi connectivity index (χ4n) is 1.67. The van der Waals surface area contributed by atoms with E-state index in [9.17, 15) is 5.11 Å². The van der Waals surface area contributed by atoms with E-state index in [2.05, 4.69) is 11.6 Å². The summed E-state index contributed by atoms with van der Waals surface area (Å²) in [6.07, 6.45) is 1.41. The van der Waals surface area contributed by atoms with Gasteiger partial charge in [-0.1, -0.05) is 27.4 Å². The summed E-state index contributed by atoms with van der Waals surface area (Å²) in [4.78, 5) is 4.34. The smallest absolute Gasteiger partial charge is 0.139 e. The van der Waals surface area contributed by atoms with E-state index in [0.717, 1.165) is 5.69 Å². The monoisotopic (exact) mass is 221 g/mol. The van der Waals surface area contributed by atoms with Crippen molar-refractivity contribution in [3.63, 3.8) is 0 Å². The first-order valence-corrected chi connectivity index (χ1v) is 5.25. The Morgan fingerprint density at radius 3 is 2.50 bits per heavy atom. The number of aromatic hydroxyl groups is 1. The maximum Gasteiger partial charge on any atom is 0.139 e. The quantitative estimate of drug-likeness (QED) is 0.852. The first-order valence-electron chi connectivity index (χ1n) is 5.25. The molecular formula is C13H19NO2. The van der Waals surface area contributed by atoms with Gasteiger partial charge in [0.25, 0.3) is 0 Å². The van der Waals surface area contributed by atoms with Crippen molar-refractivity contribution in [2.24, 2.45) is 5.41 Å². The Morgan fingerprint density at radius 2 is 2.06 bits per heavy atom. The molecule has 1 unspecified atom stereocenters. The molecule has 0 aliphatic carbocycles. The molecule has 88 valence electrons. The highest BCUT2D eigenvalue weighted by Crippen LogP contribution is 2.38. The van der Waals surface area contributed by atoms with E-state index in [0.29, 0.717) is 5.69 Å². The fourth-order valence-corrected chi connectivity index (χ4v) is 1.67. The molecule has 0 amide bonds. The van der Waals surface area contributed by atoms with Gasteiger partial charge in [0.15, 0.2) is 0 Å². The lowest BCUT2D eigenvalue weighted by Crippen LogP contribution is -2.21. The van der Waals surface area contributed by atoms with Crippen LogP contribution >= 0.6 is 0 Å². The number of aromatic nitrogens is 1. The van der Waals surface area contributed by atoms with E-state index in [1.807, 2.05) is 20.8 Å². The highest BCUT2D eigenvalue weighted by molar-refractivity contribution is 5.45. The lowest BCUT2D eigenvalue weighted by molar-refractivity contribution is 0.0103. The van der Waals surface area contributed by atoms with E-state index in [1.165, 1.54) is 0 Å². The molecule has 0 saturated carbocycles. The maximum atomic E-state index is 9.82. The number of ether oxygens (including phenoxy) is 1. The number of nitrogens with zero attached hydrogens (tertiary/aromatic N) is 1. The third-order valence-corrected chi connectivity index (χ3v) is 2.40. The van der Waals surface area contributed by atoms with Crippen LogP contribution in [0.25, 0.3) is 6.08 Å². The van der Waals surface area contributed by atoms with Crippen LogP contribution in [0.5, 0.6) is 5.75 Å². The number of hydrogen-bond donors (Lipinski definition) is 1. The van der Waals surface area contributed by atoms with Crippen molar-refractivity contribution < 1.29 is 9.84 Å². The standard InChI is InChI=1S/C13H19NO2/c1-6-9-7-8-10(15)11(14-9)12(16-5)13(2,3)4/h6-8,12,15H,1H2,2-5H3. The van der Waals surface area contributed by atoms with Crippen molar-refractivity contribution in [2.45, 2.75) is 26.9 Å². The van der Waals surface area contributed by atoms with E-state index in [-0.39, 0.29) is 17.3 Å².